The third-order valence-electron chi connectivity index (χ3n) is 4.50. The second kappa shape index (κ2) is 5.68. The first-order chi connectivity index (χ1) is 8.15. The molecule has 0 bridgehead atoms. The van der Waals surface area contributed by atoms with Crippen LogP contribution >= 0.6 is 0 Å². The number of rotatable bonds is 4. The molecule has 1 unspecified atom stereocenters. The Labute approximate surface area is 104 Å². The fraction of sp³-hybridized carbons (Fsp3) is 1.00. The average molecular weight is 242 g/mol. The minimum absolute atomic E-state index is 0.0715. The van der Waals surface area contributed by atoms with Crippen molar-refractivity contribution in [1.29, 1.82) is 0 Å². The van der Waals surface area contributed by atoms with Gasteiger partial charge in [0.05, 0.1) is 18.8 Å². The molecule has 2 rings (SSSR count). The van der Waals surface area contributed by atoms with Crippen LogP contribution < -0.4 is 0 Å². The van der Waals surface area contributed by atoms with Gasteiger partial charge in [0, 0.05) is 6.42 Å². The van der Waals surface area contributed by atoms with Gasteiger partial charge in [0.25, 0.3) is 0 Å². The van der Waals surface area contributed by atoms with Crippen LogP contribution in [0.2, 0.25) is 0 Å². The van der Waals surface area contributed by atoms with Gasteiger partial charge < -0.3 is 14.6 Å². The first-order valence-corrected chi connectivity index (χ1v) is 7.05. The van der Waals surface area contributed by atoms with Crippen molar-refractivity contribution in [2.45, 2.75) is 64.3 Å². The predicted octanol–water partition coefficient (Wildman–Crippen LogP) is 2.72. The number of ether oxygens (including phenoxy) is 2. The SMILES string of the molecule is CC(C)C1CCC2(CCC(OCCO)O2)CC1. The van der Waals surface area contributed by atoms with Crippen molar-refractivity contribution in [1.82, 2.24) is 0 Å². The Kier molecular flexibility index (Phi) is 4.45. The zero-order valence-electron chi connectivity index (χ0n) is 11.2. The van der Waals surface area contributed by atoms with E-state index in [-0.39, 0.29) is 18.5 Å². The van der Waals surface area contributed by atoms with Crippen molar-refractivity contribution in [3.8, 4) is 0 Å². The second-order valence-electron chi connectivity index (χ2n) is 5.94. The Balaban J connectivity index is 1.79. The van der Waals surface area contributed by atoms with Crippen LogP contribution in [0.3, 0.4) is 0 Å². The molecule has 2 fully saturated rings. The van der Waals surface area contributed by atoms with E-state index in [0.29, 0.717) is 6.61 Å². The van der Waals surface area contributed by atoms with E-state index in [1.165, 1.54) is 25.7 Å². The number of aliphatic hydroxyl groups is 1. The van der Waals surface area contributed by atoms with Gasteiger partial charge in [-0.05, 0) is 43.9 Å². The molecule has 17 heavy (non-hydrogen) atoms. The summed E-state index contributed by atoms with van der Waals surface area (Å²) < 4.78 is 11.6. The molecule has 0 radical (unpaired) electrons. The normalized spacial score (nSPS) is 38.1. The van der Waals surface area contributed by atoms with Gasteiger partial charge in [-0.3, -0.25) is 0 Å². The molecule has 1 N–H and O–H groups in total. The van der Waals surface area contributed by atoms with E-state index in [1.54, 1.807) is 0 Å². The van der Waals surface area contributed by atoms with Crippen LogP contribution in [0, 0.1) is 11.8 Å². The Morgan fingerprint density at radius 3 is 2.47 bits per heavy atom. The van der Waals surface area contributed by atoms with Crippen molar-refractivity contribution in [2.24, 2.45) is 11.8 Å². The highest BCUT2D eigenvalue weighted by Gasteiger charge is 2.43. The summed E-state index contributed by atoms with van der Waals surface area (Å²) in [6, 6.07) is 0. The lowest BCUT2D eigenvalue weighted by atomic mass is 9.74. The molecular weight excluding hydrogens is 216 g/mol. The summed E-state index contributed by atoms with van der Waals surface area (Å²) in [6.45, 7) is 5.13. The van der Waals surface area contributed by atoms with Gasteiger partial charge >= 0.3 is 0 Å². The fourth-order valence-corrected chi connectivity index (χ4v) is 3.28. The van der Waals surface area contributed by atoms with Gasteiger partial charge in [0.2, 0.25) is 0 Å². The van der Waals surface area contributed by atoms with Crippen LogP contribution in [0.5, 0.6) is 0 Å². The summed E-state index contributed by atoms with van der Waals surface area (Å²) in [7, 11) is 0. The molecule has 0 aromatic carbocycles. The number of aliphatic hydroxyl groups excluding tert-OH is 1. The van der Waals surface area contributed by atoms with Crippen LogP contribution in [0.15, 0.2) is 0 Å². The molecule has 1 atom stereocenters. The van der Waals surface area contributed by atoms with Crippen LogP contribution in [0.1, 0.15) is 52.4 Å². The molecular formula is C14H26O3. The summed E-state index contributed by atoms with van der Waals surface area (Å²) in [6.07, 6.45) is 7.02. The Morgan fingerprint density at radius 1 is 1.24 bits per heavy atom. The van der Waals surface area contributed by atoms with Gasteiger partial charge in [-0.1, -0.05) is 13.8 Å². The highest BCUT2D eigenvalue weighted by Crippen LogP contribution is 2.45. The van der Waals surface area contributed by atoms with E-state index in [0.717, 1.165) is 24.7 Å². The molecule has 100 valence electrons. The summed E-state index contributed by atoms with van der Waals surface area (Å²) in [5, 5.41) is 8.74. The molecule has 0 amide bonds. The maximum absolute atomic E-state index is 8.74. The molecule has 1 saturated heterocycles. The fourth-order valence-electron chi connectivity index (χ4n) is 3.28. The topological polar surface area (TPSA) is 38.7 Å². The largest absolute Gasteiger partial charge is 0.394 e. The lowest BCUT2D eigenvalue weighted by molar-refractivity contribution is -0.183. The van der Waals surface area contributed by atoms with Crippen LogP contribution in [-0.4, -0.2) is 30.2 Å². The highest BCUT2D eigenvalue weighted by atomic mass is 16.7. The minimum atomic E-state index is -0.0715. The van der Waals surface area contributed by atoms with E-state index in [9.17, 15) is 0 Å². The van der Waals surface area contributed by atoms with E-state index in [1.807, 2.05) is 0 Å². The van der Waals surface area contributed by atoms with E-state index < -0.39 is 0 Å². The molecule has 3 nitrogen and oxygen atoms in total. The Morgan fingerprint density at radius 2 is 1.88 bits per heavy atom. The highest BCUT2D eigenvalue weighted by molar-refractivity contribution is 4.92. The molecule has 0 aromatic heterocycles. The lowest BCUT2D eigenvalue weighted by Crippen LogP contribution is -2.36. The first-order valence-electron chi connectivity index (χ1n) is 7.05. The van der Waals surface area contributed by atoms with Gasteiger partial charge in [-0.25, -0.2) is 0 Å². The first kappa shape index (κ1) is 13.3. The number of hydrogen-bond donors (Lipinski definition) is 1. The summed E-state index contributed by atoms with van der Waals surface area (Å²) >= 11 is 0. The van der Waals surface area contributed by atoms with Gasteiger partial charge in [-0.2, -0.15) is 0 Å². The van der Waals surface area contributed by atoms with E-state index in [4.69, 9.17) is 14.6 Å². The van der Waals surface area contributed by atoms with Crippen molar-refractivity contribution < 1.29 is 14.6 Å². The summed E-state index contributed by atoms with van der Waals surface area (Å²) in [5.74, 6) is 1.68. The third kappa shape index (κ3) is 3.21. The van der Waals surface area contributed by atoms with Crippen molar-refractivity contribution in [2.75, 3.05) is 13.2 Å². The molecule has 1 heterocycles. The van der Waals surface area contributed by atoms with E-state index >= 15 is 0 Å². The van der Waals surface area contributed by atoms with Crippen LogP contribution in [-0.2, 0) is 9.47 Å². The zero-order valence-corrected chi connectivity index (χ0v) is 11.2. The van der Waals surface area contributed by atoms with Gasteiger partial charge in [-0.15, -0.1) is 0 Å². The molecule has 3 heteroatoms. The van der Waals surface area contributed by atoms with E-state index in [2.05, 4.69) is 13.8 Å². The molecule has 2 aliphatic rings. The Hall–Kier alpha value is -0.120. The maximum atomic E-state index is 8.74. The maximum Gasteiger partial charge on any atom is 0.158 e. The average Bonchev–Trinajstić information content (AvgIpc) is 2.70. The minimum Gasteiger partial charge on any atom is -0.394 e. The molecule has 1 aliphatic heterocycles. The lowest BCUT2D eigenvalue weighted by Gasteiger charge is -2.38. The Bertz CT molecular complexity index is 232. The molecule has 0 aromatic rings. The molecule has 1 aliphatic carbocycles. The van der Waals surface area contributed by atoms with Crippen LogP contribution in [0.25, 0.3) is 0 Å². The zero-order chi connectivity index (χ0) is 12.3. The summed E-state index contributed by atoms with van der Waals surface area (Å²) in [5.41, 5.74) is 0.103. The molecule has 1 saturated carbocycles. The van der Waals surface area contributed by atoms with Crippen LogP contribution in [0.4, 0.5) is 0 Å². The number of hydrogen-bond acceptors (Lipinski definition) is 3. The van der Waals surface area contributed by atoms with Gasteiger partial charge in [0.15, 0.2) is 6.29 Å². The van der Waals surface area contributed by atoms with Gasteiger partial charge in [0.1, 0.15) is 0 Å². The van der Waals surface area contributed by atoms with Crippen molar-refractivity contribution in [3.63, 3.8) is 0 Å². The second-order valence-corrected chi connectivity index (χ2v) is 5.94. The van der Waals surface area contributed by atoms with Crippen molar-refractivity contribution in [3.05, 3.63) is 0 Å². The summed E-state index contributed by atoms with van der Waals surface area (Å²) in [4.78, 5) is 0. The third-order valence-corrected chi connectivity index (χ3v) is 4.50. The predicted molar refractivity (Wildman–Crippen MR) is 66.7 cm³/mol. The quantitative estimate of drug-likeness (QED) is 0.824. The monoisotopic (exact) mass is 242 g/mol. The smallest absolute Gasteiger partial charge is 0.158 e. The van der Waals surface area contributed by atoms with Crippen molar-refractivity contribution >= 4 is 0 Å². The molecule has 1 spiro atoms. The standard InChI is InChI=1S/C14H26O3/c1-11(2)12-3-6-14(7-4-12)8-5-13(17-14)16-10-9-15/h11-13,15H,3-10H2,1-2H3.